The third-order valence-electron chi connectivity index (χ3n) is 6.41. The van der Waals surface area contributed by atoms with E-state index in [0.717, 1.165) is 12.8 Å². The molecule has 0 radical (unpaired) electrons. The fourth-order valence-electron chi connectivity index (χ4n) is 5.84. The molecule has 0 aromatic heterocycles. The third kappa shape index (κ3) is 2.31. The highest BCUT2D eigenvalue weighted by molar-refractivity contribution is 6.02. The van der Waals surface area contributed by atoms with Crippen molar-refractivity contribution in [3.8, 4) is 0 Å². The first kappa shape index (κ1) is 16.5. The molecule has 0 amide bonds. The van der Waals surface area contributed by atoms with E-state index in [2.05, 4.69) is 13.8 Å². The normalized spacial score (nSPS) is 40.6. The van der Waals surface area contributed by atoms with Gasteiger partial charge in [0.1, 0.15) is 5.92 Å². The van der Waals surface area contributed by atoms with E-state index in [1.807, 2.05) is 0 Å². The van der Waals surface area contributed by atoms with Crippen LogP contribution in [-0.4, -0.2) is 31.4 Å². The smallest absolute Gasteiger partial charge is 0.316 e. The standard InChI is InChI=1S/C18H26O5/c1-5-23-16(20)11-8-18(2,3)14-9-6-7-10(14)13(17(21)22-4)12(9)15(11)19/h9-14H,5-8H2,1-4H3/t9-,10+,11?,12-,13-,14-/m0/s1. The zero-order valence-corrected chi connectivity index (χ0v) is 14.3. The Morgan fingerprint density at radius 1 is 1.17 bits per heavy atom. The molecule has 3 saturated carbocycles. The Morgan fingerprint density at radius 3 is 2.43 bits per heavy atom. The number of rotatable bonds is 3. The summed E-state index contributed by atoms with van der Waals surface area (Å²) < 4.78 is 10.1. The van der Waals surface area contributed by atoms with Crippen LogP contribution in [0, 0.1) is 40.9 Å². The summed E-state index contributed by atoms with van der Waals surface area (Å²) in [6.45, 7) is 6.27. The molecule has 3 rings (SSSR count). The maximum Gasteiger partial charge on any atom is 0.316 e. The number of carbonyl (C=O) groups excluding carboxylic acids is 3. The van der Waals surface area contributed by atoms with Gasteiger partial charge in [0.2, 0.25) is 0 Å². The summed E-state index contributed by atoms with van der Waals surface area (Å²) in [7, 11) is 1.38. The molecule has 5 heteroatoms. The summed E-state index contributed by atoms with van der Waals surface area (Å²) in [5, 5.41) is 0. The van der Waals surface area contributed by atoms with Gasteiger partial charge in [-0.05, 0) is 49.4 Å². The average Bonchev–Trinajstić information content (AvgIpc) is 3.05. The van der Waals surface area contributed by atoms with Crippen LogP contribution in [0.2, 0.25) is 0 Å². The number of hydrogen-bond acceptors (Lipinski definition) is 5. The molecule has 128 valence electrons. The third-order valence-corrected chi connectivity index (χ3v) is 6.41. The second-order valence-electron chi connectivity index (χ2n) is 7.91. The van der Waals surface area contributed by atoms with Crippen LogP contribution in [0.1, 0.15) is 40.0 Å². The van der Waals surface area contributed by atoms with E-state index < -0.39 is 11.9 Å². The van der Waals surface area contributed by atoms with E-state index in [0.29, 0.717) is 12.3 Å². The van der Waals surface area contributed by atoms with Gasteiger partial charge >= 0.3 is 11.9 Å². The van der Waals surface area contributed by atoms with Crippen LogP contribution < -0.4 is 0 Å². The van der Waals surface area contributed by atoms with Gasteiger partial charge in [0, 0.05) is 5.92 Å². The van der Waals surface area contributed by atoms with Crippen LogP contribution in [-0.2, 0) is 23.9 Å². The molecule has 5 nitrogen and oxygen atoms in total. The molecule has 0 saturated heterocycles. The van der Waals surface area contributed by atoms with Crippen molar-refractivity contribution < 1.29 is 23.9 Å². The largest absolute Gasteiger partial charge is 0.469 e. The highest BCUT2D eigenvalue weighted by atomic mass is 16.5. The monoisotopic (exact) mass is 322 g/mol. The Hall–Kier alpha value is -1.39. The summed E-state index contributed by atoms with van der Waals surface area (Å²) in [5.74, 6) is -1.60. The van der Waals surface area contributed by atoms with E-state index in [4.69, 9.17) is 9.47 Å². The van der Waals surface area contributed by atoms with Crippen molar-refractivity contribution in [3.05, 3.63) is 0 Å². The van der Waals surface area contributed by atoms with E-state index in [1.165, 1.54) is 7.11 Å². The molecule has 0 aromatic carbocycles. The number of ether oxygens (including phenoxy) is 2. The quantitative estimate of drug-likeness (QED) is 0.588. The lowest BCUT2D eigenvalue weighted by molar-refractivity contribution is -0.160. The molecule has 0 aromatic rings. The Labute approximate surface area is 137 Å². The first-order valence-corrected chi connectivity index (χ1v) is 8.61. The molecule has 0 N–H and O–H groups in total. The van der Waals surface area contributed by atoms with Crippen LogP contribution in [0.5, 0.6) is 0 Å². The number of ketones is 1. The van der Waals surface area contributed by atoms with Crippen LogP contribution >= 0.6 is 0 Å². The topological polar surface area (TPSA) is 69.7 Å². The lowest BCUT2D eigenvalue weighted by Crippen LogP contribution is -2.42. The molecule has 3 aliphatic carbocycles. The van der Waals surface area contributed by atoms with Gasteiger partial charge in [0.25, 0.3) is 0 Å². The first-order valence-electron chi connectivity index (χ1n) is 8.61. The number of esters is 2. The van der Waals surface area contributed by atoms with Gasteiger partial charge in [-0.25, -0.2) is 0 Å². The van der Waals surface area contributed by atoms with Crippen LogP contribution in [0.3, 0.4) is 0 Å². The van der Waals surface area contributed by atoms with Crippen LogP contribution in [0.4, 0.5) is 0 Å². The van der Waals surface area contributed by atoms with Crippen LogP contribution in [0.15, 0.2) is 0 Å². The van der Waals surface area contributed by atoms with Gasteiger partial charge in [-0.1, -0.05) is 13.8 Å². The van der Waals surface area contributed by atoms with E-state index in [1.54, 1.807) is 6.92 Å². The van der Waals surface area contributed by atoms with Crippen molar-refractivity contribution in [3.63, 3.8) is 0 Å². The number of methoxy groups -OCH3 is 1. The Kier molecular flexibility index (Phi) is 4.01. The van der Waals surface area contributed by atoms with Gasteiger partial charge in [0.15, 0.2) is 5.78 Å². The Balaban J connectivity index is 2.01. The summed E-state index contributed by atoms with van der Waals surface area (Å²) in [5.41, 5.74) is -0.156. The molecule has 4 bridgehead atoms. The summed E-state index contributed by atoms with van der Waals surface area (Å²) in [4.78, 5) is 37.8. The van der Waals surface area contributed by atoms with Gasteiger partial charge in [-0.2, -0.15) is 0 Å². The number of hydrogen-bond donors (Lipinski definition) is 0. The highest BCUT2D eigenvalue weighted by Crippen LogP contribution is 2.65. The number of Topliss-reactive ketones (excluding diaryl/α,β-unsaturated/α-hetero) is 1. The van der Waals surface area contributed by atoms with Gasteiger partial charge in [0.05, 0.1) is 19.6 Å². The number of carbonyl (C=O) groups is 3. The zero-order chi connectivity index (χ0) is 16.9. The fraction of sp³-hybridized carbons (Fsp3) is 0.833. The van der Waals surface area contributed by atoms with Crippen molar-refractivity contribution in [2.24, 2.45) is 40.9 Å². The van der Waals surface area contributed by atoms with E-state index >= 15 is 0 Å². The molecule has 0 spiro atoms. The predicted molar refractivity (Wildman–Crippen MR) is 82.2 cm³/mol. The predicted octanol–water partition coefficient (Wildman–Crippen LogP) is 2.23. The maximum absolute atomic E-state index is 13.1. The first-order chi connectivity index (χ1) is 10.8. The average molecular weight is 322 g/mol. The highest BCUT2D eigenvalue weighted by Gasteiger charge is 2.66. The van der Waals surface area contributed by atoms with Gasteiger partial charge in [-0.3, -0.25) is 14.4 Å². The molecule has 0 heterocycles. The molecular weight excluding hydrogens is 296 g/mol. The minimum absolute atomic E-state index is 0.0957. The van der Waals surface area contributed by atoms with Crippen molar-refractivity contribution in [1.29, 1.82) is 0 Å². The fourth-order valence-corrected chi connectivity index (χ4v) is 5.84. The minimum atomic E-state index is -0.742. The van der Waals surface area contributed by atoms with Crippen molar-refractivity contribution >= 4 is 17.7 Å². The minimum Gasteiger partial charge on any atom is -0.469 e. The maximum atomic E-state index is 13.1. The Bertz CT molecular complexity index is 538. The van der Waals surface area contributed by atoms with Gasteiger partial charge in [-0.15, -0.1) is 0 Å². The molecule has 6 atom stereocenters. The molecule has 3 aliphatic rings. The summed E-state index contributed by atoms with van der Waals surface area (Å²) in [6, 6.07) is 0. The van der Waals surface area contributed by atoms with Crippen molar-refractivity contribution in [2.75, 3.05) is 13.7 Å². The lowest BCUT2D eigenvalue weighted by atomic mass is 9.67. The van der Waals surface area contributed by atoms with Crippen molar-refractivity contribution in [2.45, 2.75) is 40.0 Å². The molecule has 23 heavy (non-hydrogen) atoms. The molecule has 0 aliphatic heterocycles. The van der Waals surface area contributed by atoms with Gasteiger partial charge < -0.3 is 9.47 Å². The van der Waals surface area contributed by atoms with Crippen LogP contribution in [0.25, 0.3) is 0 Å². The molecule has 1 unspecified atom stereocenters. The lowest BCUT2D eigenvalue weighted by Gasteiger charge is -2.37. The summed E-state index contributed by atoms with van der Waals surface area (Å²) in [6.07, 6.45) is 2.47. The summed E-state index contributed by atoms with van der Waals surface area (Å²) >= 11 is 0. The molecular formula is C18H26O5. The molecule has 3 fully saturated rings. The Morgan fingerprint density at radius 2 is 1.83 bits per heavy atom. The van der Waals surface area contributed by atoms with Crippen molar-refractivity contribution in [1.82, 2.24) is 0 Å². The second kappa shape index (κ2) is 5.60. The SMILES string of the molecule is CCOC(=O)C1CC(C)(C)[C@@H]2[C@@H]3CC[C@H]2[C@H](C1=O)[C@H]3C(=O)OC. The van der Waals surface area contributed by atoms with E-state index in [9.17, 15) is 14.4 Å². The second-order valence-corrected chi connectivity index (χ2v) is 7.91. The zero-order valence-electron chi connectivity index (χ0n) is 14.3. The van der Waals surface area contributed by atoms with E-state index in [-0.39, 0.29) is 47.4 Å².